The summed E-state index contributed by atoms with van der Waals surface area (Å²) in [5.41, 5.74) is 7.27. The summed E-state index contributed by atoms with van der Waals surface area (Å²) >= 11 is 0. The van der Waals surface area contributed by atoms with Crippen LogP contribution in [0.1, 0.15) is 20.7 Å². The zero-order chi connectivity index (χ0) is 18.3. The largest absolute Gasteiger partial charge is 0.508 e. The van der Waals surface area contributed by atoms with Crippen molar-refractivity contribution >= 4 is 23.2 Å². The third-order valence-electron chi connectivity index (χ3n) is 4.06. The predicted molar refractivity (Wildman–Crippen MR) is 96.6 cm³/mol. The molecule has 1 aliphatic rings. The van der Waals surface area contributed by atoms with E-state index in [9.17, 15) is 14.7 Å². The van der Waals surface area contributed by atoms with E-state index in [4.69, 9.17) is 10.5 Å². The van der Waals surface area contributed by atoms with E-state index in [1.54, 1.807) is 42.5 Å². The molecule has 0 atom stereocenters. The fraction of sp³-hybridized carbons (Fsp3) is 0. The van der Waals surface area contributed by atoms with Crippen molar-refractivity contribution in [2.24, 2.45) is 0 Å². The number of amides is 2. The number of anilines is 2. The Morgan fingerprint density at radius 2 is 1.50 bits per heavy atom. The Kier molecular flexibility index (Phi) is 3.58. The molecule has 2 amide bonds. The number of hydrogen-bond acceptors (Lipinski definition) is 5. The Morgan fingerprint density at radius 3 is 2.23 bits per heavy atom. The van der Waals surface area contributed by atoms with Crippen molar-refractivity contribution < 1.29 is 19.4 Å². The van der Waals surface area contributed by atoms with Gasteiger partial charge in [-0.1, -0.05) is 6.07 Å². The minimum absolute atomic E-state index is 0.0585. The van der Waals surface area contributed by atoms with Gasteiger partial charge in [-0.2, -0.15) is 0 Å². The molecule has 6 heteroatoms. The Hall–Kier alpha value is -3.80. The summed E-state index contributed by atoms with van der Waals surface area (Å²) in [6.07, 6.45) is 0. The highest BCUT2D eigenvalue weighted by molar-refractivity contribution is 6.34. The van der Waals surface area contributed by atoms with Crippen LogP contribution in [0.15, 0.2) is 66.7 Å². The van der Waals surface area contributed by atoms with Crippen LogP contribution in [0.2, 0.25) is 0 Å². The van der Waals surface area contributed by atoms with Gasteiger partial charge in [0.1, 0.15) is 17.2 Å². The number of hydrogen-bond donors (Lipinski definition) is 2. The number of imide groups is 1. The molecule has 6 nitrogen and oxygen atoms in total. The molecule has 3 N–H and O–H groups in total. The second kappa shape index (κ2) is 5.93. The number of nitrogen functional groups attached to an aromatic ring is 1. The first kappa shape index (κ1) is 15.7. The van der Waals surface area contributed by atoms with E-state index >= 15 is 0 Å². The standard InChI is InChI=1S/C20H14N2O4/c21-12-2-1-3-15(10-12)26-16-8-9-17-18(11-16)20(25)22(19(17)24)13-4-6-14(23)7-5-13/h1-11,23H,21H2. The van der Waals surface area contributed by atoms with Gasteiger partial charge in [0.15, 0.2) is 0 Å². The molecule has 1 heterocycles. The second-order valence-electron chi connectivity index (χ2n) is 5.84. The zero-order valence-electron chi connectivity index (χ0n) is 13.5. The van der Waals surface area contributed by atoms with Crippen molar-refractivity contribution in [2.45, 2.75) is 0 Å². The minimum Gasteiger partial charge on any atom is -0.508 e. The molecule has 0 unspecified atom stereocenters. The normalized spacial score (nSPS) is 13.0. The van der Waals surface area contributed by atoms with Crippen molar-refractivity contribution in [3.8, 4) is 17.2 Å². The number of fused-ring (bicyclic) bond motifs is 1. The van der Waals surface area contributed by atoms with E-state index in [1.165, 1.54) is 24.3 Å². The number of ether oxygens (including phenoxy) is 1. The molecule has 0 bridgehead atoms. The molecule has 0 aromatic heterocycles. The van der Waals surface area contributed by atoms with E-state index in [0.717, 1.165) is 4.90 Å². The minimum atomic E-state index is -0.436. The lowest BCUT2D eigenvalue weighted by Gasteiger charge is -2.13. The number of phenolic OH excluding ortho intramolecular Hbond substituents is 1. The Balaban J connectivity index is 1.67. The smallest absolute Gasteiger partial charge is 0.266 e. The first-order valence-corrected chi connectivity index (χ1v) is 7.88. The molecule has 0 radical (unpaired) electrons. The molecule has 4 rings (SSSR count). The summed E-state index contributed by atoms with van der Waals surface area (Å²) in [6.45, 7) is 0. The summed E-state index contributed by atoms with van der Waals surface area (Å²) in [4.78, 5) is 26.4. The van der Waals surface area contributed by atoms with E-state index in [-0.39, 0.29) is 11.3 Å². The van der Waals surface area contributed by atoms with Gasteiger partial charge in [-0.05, 0) is 54.6 Å². The molecule has 128 valence electrons. The highest BCUT2D eigenvalue weighted by Gasteiger charge is 2.37. The molecule has 0 spiro atoms. The van der Waals surface area contributed by atoms with Crippen LogP contribution in [0.5, 0.6) is 17.2 Å². The number of phenols is 1. The van der Waals surface area contributed by atoms with Crippen LogP contribution >= 0.6 is 0 Å². The van der Waals surface area contributed by atoms with E-state index in [0.29, 0.717) is 28.4 Å². The Bertz CT molecular complexity index is 1030. The molecule has 3 aromatic rings. The van der Waals surface area contributed by atoms with Gasteiger partial charge in [0, 0.05) is 11.8 Å². The molecule has 0 fully saturated rings. The number of aromatic hydroxyl groups is 1. The monoisotopic (exact) mass is 346 g/mol. The van der Waals surface area contributed by atoms with Gasteiger partial charge in [-0.3, -0.25) is 9.59 Å². The van der Waals surface area contributed by atoms with Crippen molar-refractivity contribution in [3.05, 3.63) is 77.9 Å². The molecule has 1 aliphatic heterocycles. The van der Waals surface area contributed by atoms with Crippen molar-refractivity contribution in [2.75, 3.05) is 10.6 Å². The number of benzene rings is 3. The van der Waals surface area contributed by atoms with Crippen LogP contribution in [-0.2, 0) is 0 Å². The molecule has 26 heavy (non-hydrogen) atoms. The van der Waals surface area contributed by atoms with Gasteiger partial charge in [0.25, 0.3) is 11.8 Å². The van der Waals surface area contributed by atoms with Gasteiger partial charge >= 0.3 is 0 Å². The maximum absolute atomic E-state index is 12.7. The first-order valence-electron chi connectivity index (χ1n) is 7.88. The molecule has 0 saturated heterocycles. The lowest BCUT2D eigenvalue weighted by Crippen LogP contribution is -2.29. The maximum Gasteiger partial charge on any atom is 0.266 e. The van der Waals surface area contributed by atoms with Gasteiger partial charge in [-0.15, -0.1) is 0 Å². The van der Waals surface area contributed by atoms with Crippen LogP contribution in [0.4, 0.5) is 11.4 Å². The van der Waals surface area contributed by atoms with Gasteiger partial charge in [-0.25, -0.2) is 4.90 Å². The number of nitrogens with two attached hydrogens (primary N) is 1. The van der Waals surface area contributed by atoms with Gasteiger partial charge in [0.05, 0.1) is 16.8 Å². The summed E-state index contributed by atoms with van der Waals surface area (Å²) in [5.74, 6) is 0.184. The third-order valence-corrected chi connectivity index (χ3v) is 4.06. The molecule has 0 aliphatic carbocycles. The van der Waals surface area contributed by atoms with Crippen LogP contribution in [0.3, 0.4) is 0 Å². The lowest BCUT2D eigenvalue weighted by atomic mass is 10.1. The fourth-order valence-electron chi connectivity index (χ4n) is 2.83. The molecular formula is C20H14N2O4. The number of rotatable bonds is 3. The second-order valence-corrected chi connectivity index (χ2v) is 5.84. The summed E-state index contributed by atoms with van der Waals surface area (Å²) < 4.78 is 5.73. The number of carbonyl (C=O) groups excluding carboxylic acids is 2. The van der Waals surface area contributed by atoms with Crippen LogP contribution in [0.25, 0.3) is 0 Å². The Labute approximate surface area is 149 Å². The van der Waals surface area contributed by atoms with E-state index in [2.05, 4.69) is 0 Å². The van der Waals surface area contributed by atoms with E-state index in [1.807, 2.05) is 0 Å². The van der Waals surface area contributed by atoms with Crippen LogP contribution in [-0.4, -0.2) is 16.9 Å². The van der Waals surface area contributed by atoms with Crippen LogP contribution < -0.4 is 15.4 Å². The Morgan fingerprint density at radius 1 is 0.808 bits per heavy atom. The predicted octanol–water partition coefficient (Wildman–Crippen LogP) is 3.57. The first-order chi connectivity index (χ1) is 12.5. The highest BCUT2D eigenvalue weighted by Crippen LogP contribution is 2.33. The average molecular weight is 346 g/mol. The van der Waals surface area contributed by atoms with Crippen molar-refractivity contribution in [1.82, 2.24) is 0 Å². The summed E-state index contributed by atoms with van der Waals surface area (Å²) in [5, 5.41) is 9.39. The zero-order valence-corrected chi connectivity index (χ0v) is 13.5. The molecule has 3 aromatic carbocycles. The van der Waals surface area contributed by atoms with Gasteiger partial charge < -0.3 is 15.6 Å². The quantitative estimate of drug-likeness (QED) is 0.559. The number of nitrogens with zero attached hydrogens (tertiary/aromatic N) is 1. The summed E-state index contributed by atoms with van der Waals surface area (Å²) in [6, 6.07) is 17.5. The lowest BCUT2D eigenvalue weighted by molar-refractivity contribution is 0.0926. The highest BCUT2D eigenvalue weighted by atomic mass is 16.5. The van der Waals surface area contributed by atoms with Crippen molar-refractivity contribution in [1.29, 1.82) is 0 Å². The fourth-order valence-corrected chi connectivity index (χ4v) is 2.83. The van der Waals surface area contributed by atoms with E-state index < -0.39 is 11.8 Å². The SMILES string of the molecule is Nc1cccc(Oc2ccc3c(c2)C(=O)N(c2ccc(O)cc2)C3=O)c1. The average Bonchev–Trinajstić information content (AvgIpc) is 2.87. The van der Waals surface area contributed by atoms with Crippen molar-refractivity contribution in [3.63, 3.8) is 0 Å². The summed E-state index contributed by atoms with van der Waals surface area (Å²) in [7, 11) is 0. The number of carbonyl (C=O) groups is 2. The van der Waals surface area contributed by atoms with Crippen LogP contribution in [0, 0.1) is 0 Å². The molecule has 0 saturated carbocycles. The topological polar surface area (TPSA) is 92.9 Å². The maximum atomic E-state index is 12.7. The molecular weight excluding hydrogens is 332 g/mol. The third kappa shape index (κ3) is 2.63. The van der Waals surface area contributed by atoms with Gasteiger partial charge in [0.2, 0.25) is 0 Å².